The van der Waals surface area contributed by atoms with Crippen molar-refractivity contribution in [1.29, 1.82) is 0 Å². The fourth-order valence-electron chi connectivity index (χ4n) is 2.07. The van der Waals surface area contributed by atoms with Crippen LogP contribution in [0.4, 0.5) is 0 Å². The van der Waals surface area contributed by atoms with Crippen LogP contribution in [0.15, 0.2) is 24.3 Å². The van der Waals surface area contributed by atoms with Gasteiger partial charge in [0.2, 0.25) is 0 Å². The van der Waals surface area contributed by atoms with Crippen LogP contribution in [0.1, 0.15) is 11.1 Å². The summed E-state index contributed by atoms with van der Waals surface area (Å²) < 4.78 is 2.69. The van der Waals surface area contributed by atoms with Crippen LogP contribution >= 0.6 is 0 Å². The van der Waals surface area contributed by atoms with E-state index in [9.17, 15) is 0 Å². The lowest BCUT2D eigenvalue weighted by Crippen LogP contribution is -2.48. The third-order valence-electron chi connectivity index (χ3n) is 3.08. The minimum Gasteiger partial charge on any atom is -0.320 e. The summed E-state index contributed by atoms with van der Waals surface area (Å²) in [4.78, 5) is 0. The third kappa shape index (κ3) is 1.91. The third-order valence-corrected chi connectivity index (χ3v) is 5.36. The molecule has 2 rings (SSSR count). The number of rotatable bonds is 1. The zero-order chi connectivity index (χ0) is 10.2. The summed E-state index contributed by atoms with van der Waals surface area (Å²) in [5.74, 6) is 0. The zero-order valence-electron chi connectivity index (χ0n) is 9.38. The van der Waals surface area contributed by atoms with Crippen molar-refractivity contribution < 1.29 is 0 Å². The summed E-state index contributed by atoms with van der Waals surface area (Å²) in [6.45, 7) is 9.72. The second kappa shape index (κ2) is 3.52. The number of nitrogens with zero attached hydrogens (tertiary/aromatic N) is 1. The second-order valence-electron chi connectivity index (χ2n) is 5.11. The van der Waals surface area contributed by atoms with E-state index >= 15 is 0 Å². The van der Waals surface area contributed by atoms with Crippen molar-refractivity contribution in [3.63, 3.8) is 0 Å². The van der Waals surface area contributed by atoms with E-state index in [1.54, 1.807) is 11.1 Å². The number of benzene rings is 1. The van der Waals surface area contributed by atoms with Crippen molar-refractivity contribution in [2.45, 2.75) is 32.6 Å². The van der Waals surface area contributed by atoms with Crippen molar-refractivity contribution in [2.75, 3.05) is 6.54 Å². The smallest absolute Gasteiger partial charge is 0.119 e. The van der Waals surface area contributed by atoms with Gasteiger partial charge in [0.05, 0.1) is 0 Å². The Morgan fingerprint density at radius 3 is 2.36 bits per heavy atom. The van der Waals surface area contributed by atoms with E-state index in [-0.39, 0.29) is 0 Å². The molecule has 1 aromatic rings. The molecule has 0 saturated carbocycles. The highest BCUT2D eigenvalue weighted by Gasteiger charge is 2.26. The summed E-state index contributed by atoms with van der Waals surface area (Å²) in [5.41, 5.74) is 3.10. The summed E-state index contributed by atoms with van der Waals surface area (Å²) >= 11 is 0. The Labute approximate surface area is 87.8 Å². The molecule has 0 aromatic heterocycles. The standard InChI is InChI=1S/C12H19NSi/c1-14(2,3)13-9-8-11-6-4-5-7-12(11)10-13/h4-7H,8-10H2,1-3H3. The molecule has 1 aromatic carbocycles. The zero-order valence-corrected chi connectivity index (χ0v) is 10.4. The molecule has 76 valence electrons. The molecule has 0 amide bonds. The van der Waals surface area contributed by atoms with Crippen molar-refractivity contribution in [1.82, 2.24) is 4.57 Å². The van der Waals surface area contributed by atoms with Crippen LogP contribution in [0.3, 0.4) is 0 Å². The molecule has 1 heterocycles. The Morgan fingerprint density at radius 1 is 1.07 bits per heavy atom. The normalized spacial score (nSPS) is 17.9. The van der Waals surface area contributed by atoms with Gasteiger partial charge in [-0.1, -0.05) is 43.9 Å². The molecule has 0 N–H and O–H groups in total. The number of hydrogen-bond acceptors (Lipinski definition) is 1. The molecule has 1 nitrogen and oxygen atoms in total. The molecule has 0 unspecified atom stereocenters. The maximum absolute atomic E-state index is 2.69. The Kier molecular flexibility index (Phi) is 2.50. The van der Waals surface area contributed by atoms with Gasteiger partial charge in [0.1, 0.15) is 8.24 Å². The lowest BCUT2D eigenvalue weighted by atomic mass is 10.0. The van der Waals surface area contributed by atoms with Gasteiger partial charge < -0.3 is 4.57 Å². The van der Waals surface area contributed by atoms with E-state index in [2.05, 4.69) is 48.5 Å². The molecule has 1 aliphatic rings. The summed E-state index contributed by atoms with van der Waals surface area (Å²) in [6.07, 6.45) is 1.24. The van der Waals surface area contributed by atoms with E-state index in [1.807, 2.05) is 0 Å². The summed E-state index contributed by atoms with van der Waals surface area (Å²) in [6, 6.07) is 8.87. The van der Waals surface area contributed by atoms with Gasteiger partial charge in [-0.3, -0.25) is 0 Å². The Hall–Kier alpha value is -0.603. The van der Waals surface area contributed by atoms with E-state index in [1.165, 1.54) is 19.5 Å². The topological polar surface area (TPSA) is 3.24 Å². The molecular weight excluding hydrogens is 186 g/mol. The van der Waals surface area contributed by atoms with Gasteiger partial charge in [0.25, 0.3) is 0 Å². The van der Waals surface area contributed by atoms with Gasteiger partial charge in [0.15, 0.2) is 0 Å². The molecule has 2 heteroatoms. The first kappa shape index (κ1) is 9.93. The highest BCUT2D eigenvalue weighted by molar-refractivity contribution is 6.73. The summed E-state index contributed by atoms with van der Waals surface area (Å²) in [5, 5.41) is 0. The van der Waals surface area contributed by atoms with Crippen LogP contribution < -0.4 is 0 Å². The van der Waals surface area contributed by atoms with E-state index in [0.717, 1.165) is 0 Å². The van der Waals surface area contributed by atoms with E-state index in [0.29, 0.717) is 0 Å². The lowest BCUT2D eigenvalue weighted by molar-refractivity contribution is 0.398. The minimum atomic E-state index is -1.09. The Morgan fingerprint density at radius 2 is 1.71 bits per heavy atom. The molecular formula is C12H19NSi. The first-order valence-electron chi connectivity index (χ1n) is 5.39. The van der Waals surface area contributed by atoms with Gasteiger partial charge in [-0.15, -0.1) is 0 Å². The summed E-state index contributed by atoms with van der Waals surface area (Å²) in [7, 11) is -1.09. The van der Waals surface area contributed by atoms with E-state index < -0.39 is 8.24 Å². The Bertz CT molecular complexity index is 327. The van der Waals surface area contributed by atoms with Crippen LogP contribution in [-0.4, -0.2) is 19.3 Å². The lowest BCUT2D eigenvalue weighted by Gasteiger charge is -2.37. The first-order chi connectivity index (χ1) is 6.57. The van der Waals surface area contributed by atoms with Crippen LogP contribution in [0, 0.1) is 0 Å². The van der Waals surface area contributed by atoms with Gasteiger partial charge in [0, 0.05) is 6.54 Å². The van der Waals surface area contributed by atoms with Crippen molar-refractivity contribution >= 4 is 8.24 Å². The minimum absolute atomic E-state index is 1.09. The highest BCUT2D eigenvalue weighted by Crippen LogP contribution is 2.22. The molecule has 1 aliphatic heterocycles. The van der Waals surface area contributed by atoms with Gasteiger partial charge in [-0.2, -0.15) is 0 Å². The van der Waals surface area contributed by atoms with Crippen LogP contribution in [0.25, 0.3) is 0 Å². The maximum Gasteiger partial charge on any atom is 0.119 e. The van der Waals surface area contributed by atoms with E-state index in [4.69, 9.17) is 0 Å². The Balaban J connectivity index is 2.22. The van der Waals surface area contributed by atoms with Crippen LogP contribution in [0.2, 0.25) is 19.6 Å². The molecule has 0 atom stereocenters. The monoisotopic (exact) mass is 205 g/mol. The van der Waals surface area contributed by atoms with Crippen molar-refractivity contribution in [3.05, 3.63) is 35.4 Å². The molecule has 14 heavy (non-hydrogen) atoms. The number of hydrogen-bond donors (Lipinski definition) is 0. The fourth-order valence-corrected chi connectivity index (χ4v) is 3.50. The number of fused-ring (bicyclic) bond motifs is 1. The van der Waals surface area contributed by atoms with Gasteiger partial charge >= 0.3 is 0 Å². The first-order valence-corrected chi connectivity index (χ1v) is 8.84. The molecule has 0 saturated heterocycles. The molecule has 0 aliphatic carbocycles. The maximum atomic E-state index is 2.69. The average molecular weight is 205 g/mol. The average Bonchev–Trinajstić information content (AvgIpc) is 2.16. The predicted octanol–water partition coefficient (Wildman–Crippen LogP) is 2.88. The fraction of sp³-hybridized carbons (Fsp3) is 0.500. The molecule has 0 radical (unpaired) electrons. The second-order valence-corrected chi connectivity index (χ2v) is 10.1. The van der Waals surface area contributed by atoms with Crippen molar-refractivity contribution in [3.8, 4) is 0 Å². The van der Waals surface area contributed by atoms with Crippen LogP contribution in [-0.2, 0) is 13.0 Å². The molecule has 0 spiro atoms. The molecule has 0 bridgehead atoms. The predicted molar refractivity (Wildman–Crippen MR) is 63.9 cm³/mol. The van der Waals surface area contributed by atoms with Crippen LogP contribution in [0.5, 0.6) is 0 Å². The SMILES string of the molecule is C[Si](C)(C)N1CCc2ccccc2C1. The quantitative estimate of drug-likeness (QED) is 0.637. The largest absolute Gasteiger partial charge is 0.320 e. The van der Waals surface area contributed by atoms with Gasteiger partial charge in [-0.25, -0.2) is 0 Å². The van der Waals surface area contributed by atoms with Crippen molar-refractivity contribution in [2.24, 2.45) is 0 Å². The van der Waals surface area contributed by atoms with Gasteiger partial charge in [-0.05, 0) is 24.1 Å². The molecule has 0 fully saturated rings. The highest BCUT2D eigenvalue weighted by atomic mass is 28.3.